The molecule has 0 bridgehead atoms. The van der Waals surface area contributed by atoms with Gasteiger partial charge in [0.15, 0.2) is 6.61 Å². The summed E-state index contributed by atoms with van der Waals surface area (Å²) in [5.74, 6) is -3.41. The Morgan fingerprint density at radius 2 is 1.85 bits per heavy atom. The van der Waals surface area contributed by atoms with Crippen LogP contribution in [0.2, 0.25) is 0 Å². The quantitative estimate of drug-likeness (QED) is 0.385. The first kappa shape index (κ1) is 19.4. The number of carbonyl (C=O) groups excluding carboxylic acids is 5. The molecule has 2 rings (SSSR count). The van der Waals surface area contributed by atoms with Crippen molar-refractivity contribution in [3.05, 3.63) is 24.8 Å². The molecule has 9 nitrogen and oxygen atoms in total. The summed E-state index contributed by atoms with van der Waals surface area (Å²) >= 11 is 0. The number of hydrogen-bond donors (Lipinski definition) is 2. The maximum atomic E-state index is 12.4. The molecule has 3 atom stereocenters. The molecule has 5 amide bonds. The molecule has 9 heteroatoms. The molecule has 0 spiro atoms. The SMILES string of the molecule is C=CCNC(=O)NC(=O)COC(=O)[C@H](C)N1C(=O)[C@H]2CC=CC[C@H]2C1=O. The number of nitrogens with one attached hydrogen (secondary N) is 2. The van der Waals surface area contributed by atoms with Gasteiger partial charge >= 0.3 is 12.0 Å². The first-order valence-corrected chi connectivity index (χ1v) is 8.24. The summed E-state index contributed by atoms with van der Waals surface area (Å²) in [7, 11) is 0. The molecule has 1 fully saturated rings. The Bertz CT molecular complexity index is 645. The van der Waals surface area contributed by atoms with Crippen LogP contribution in [0.1, 0.15) is 19.8 Å². The molecule has 0 radical (unpaired) electrons. The number of ether oxygens (including phenoxy) is 1. The number of hydrogen-bond acceptors (Lipinski definition) is 6. The zero-order chi connectivity index (χ0) is 19.3. The molecule has 140 valence electrons. The smallest absolute Gasteiger partial charge is 0.329 e. The van der Waals surface area contributed by atoms with Crippen molar-refractivity contribution in [3.8, 4) is 0 Å². The Balaban J connectivity index is 1.86. The van der Waals surface area contributed by atoms with Crippen LogP contribution in [-0.2, 0) is 23.9 Å². The van der Waals surface area contributed by atoms with Crippen molar-refractivity contribution in [3.63, 3.8) is 0 Å². The summed E-state index contributed by atoms with van der Waals surface area (Å²) in [4.78, 5) is 60.7. The Hall–Kier alpha value is -2.97. The van der Waals surface area contributed by atoms with Crippen molar-refractivity contribution in [2.75, 3.05) is 13.2 Å². The molecular formula is C17H21N3O6. The molecule has 1 saturated heterocycles. The fourth-order valence-electron chi connectivity index (χ4n) is 2.94. The van der Waals surface area contributed by atoms with Crippen LogP contribution >= 0.6 is 0 Å². The zero-order valence-electron chi connectivity index (χ0n) is 14.4. The van der Waals surface area contributed by atoms with Crippen molar-refractivity contribution in [2.24, 2.45) is 11.8 Å². The van der Waals surface area contributed by atoms with Gasteiger partial charge in [0.05, 0.1) is 11.8 Å². The summed E-state index contributed by atoms with van der Waals surface area (Å²) in [5.41, 5.74) is 0. The van der Waals surface area contributed by atoms with E-state index in [1.165, 1.54) is 13.0 Å². The van der Waals surface area contributed by atoms with Gasteiger partial charge in [-0.2, -0.15) is 0 Å². The van der Waals surface area contributed by atoms with E-state index in [0.29, 0.717) is 12.8 Å². The minimum Gasteiger partial charge on any atom is -0.454 e. The highest BCUT2D eigenvalue weighted by Gasteiger charge is 2.50. The van der Waals surface area contributed by atoms with E-state index in [1.807, 2.05) is 17.5 Å². The summed E-state index contributed by atoms with van der Waals surface area (Å²) in [5, 5.41) is 4.29. The van der Waals surface area contributed by atoms with E-state index in [2.05, 4.69) is 11.9 Å². The van der Waals surface area contributed by atoms with Gasteiger partial charge in [0.1, 0.15) is 6.04 Å². The fraction of sp³-hybridized carbons (Fsp3) is 0.471. The number of nitrogens with zero attached hydrogens (tertiary/aromatic N) is 1. The number of esters is 1. The van der Waals surface area contributed by atoms with Crippen molar-refractivity contribution < 1.29 is 28.7 Å². The van der Waals surface area contributed by atoms with Crippen LogP contribution in [-0.4, -0.2) is 53.8 Å². The van der Waals surface area contributed by atoms with Crippen LogP contribution in [0.3, 0.4) is 0 Å². The van der Waals surface area contributed by atoms with Gasteiger partial charge in [-0.15, -0.1) is 6.58 Å². The molecule has 0 aromatic carbocycles. The Morgan fingerprint density at radius 1 is 1.27 bits per heavy atom. The highest BCUT2D eigenvalue weighted by Crippen LogP contribution is 2.36. The highest BCUT2D eigenvalue weighted by atomic mass is 16.5. The average molecular weight is 363 g/mol. The second kappa shape index (κ2) is 8.41. The van der Waals surface area contributed by atoms with Gasteiger partial charge < -0.3 is 10.1 Å². The summed E-state index contributed by atoms with van der Waals surface area (Å²) < 4.78 is 4.82. The van der Waals surface area contributed by atoms with E-state index < -0.39 is 54.2 Å². The molecule has 1 aliphatic heterocycles. The van der Waals surface area contributed by atoms with Crippen molar-refractivity contribution in [2.45, 2.75) is 25.8 Å². The standard InChI is InChI=1S/C17H21N3O6/c1-3-8-18-17(25)19-13(21)9-26-16(24)10(2)20-14(22)11-6-4-5-7-12(11)15(20)23/h3-5,10-12H,1,6-9H2,2H3,(H2,18,19,21,25)/t10-,11-,12+/m0/s1. The van der Waals surface area contributed by atoms with Crippen LogP contribution in [0, 0.1) is 11.8 Å². The molecule has 0 aromatic heterocycles. The Kier molecular flexibility index (Phi) is 6.26. The van der Waals surface area contributed by atoms with Crippen LogP contribution in [0.4, 0.5) is 4.79 Å². The number of imide groups is 2. The molecule has 1 heterocycles. The minimum absolute atomic E-state index is 0.173. The predicted molar refractivity (Wildman–Crippen MR) is 89.4 cm³/mol. The molecule has 0 aromatic rings. The number of amides is 5. The topological polar surface area (TPSA) is 122 Å². The number of rotatable bonds is 6. The normalized spacial score (nSPS) is 22.4. The highest BCUT2D eigenvalue weighted by molar-refractivity contribution is 6.08. The number of carbonyl (C=O) groups is 5. The lowest BCUT2D eigenvalue weighted by Crippen LogP contribution is -2.46. The van der Waals surface area contributed by atoms with Crippen LogP contribution in [0.5, 0.6) is 0 Å². The van der Waals surface area contributed by atoms with Crippen molar-refractivity contribution in [1.82, 2.24) is 15.5 Å². The van der Waals surface area contributed by atoms with Gasteiger partial charge in [-0.05, 0) is 19.8 Å². The number of urea groups is 1. The second-order valence-electron chi connectivity index (χ2n) is 6.03. The van der Waals surface area contributed by atoms with Crippen molar-refractivity contribution in [1.29, 1.82) is 0 Å². The zero-order valence-corrected chi connectivity index (χ0v) is 14.4. The largest absolute Gasteiger partial charge is 0.454 e. The average Bonchev–Trinajstić information content (AvgIpc) is 2.88. The second-order valence-corrected chi connectivity index (χ2v) is 6.03. The Labute approximate surface area is 150 Å². The van der Waals surface area contributed by atoms with Gasteiger partial charge in [-0.25, -0.2) is 9.59 Å². The van der Waals surface area contributed by atoms with Gasteiger partial charge in [-0.3, -0.25) is 24.6 Å². The molecule has 0 unspecified atom stereocenters. The van der Waals surface area contributed by atoms with E-state index in [-0.39, 0.29) is 6.54 Å². The molecular weight excluding hydrogens is 342 g/mol. The molecule has 2 aliphatic rings. The number of fused-ring (bicyclic) bond motifs is 1. The summed E-state index contributed by atoms with van der Waals surface area (Å²) in [6.07, 6.45) is 6.07. The van der Waals surface area contributed by atoms with Crippen LogP contribution < -0.4 is 10.6 Å². The summed E-state index contributed by atoms with van der Waals surface area (Å²) in [6.45, 7) is 4.25. The third kappa shape index (κ3) is 4.16. The van der Waals surface area contributed by atoms with E-state index >= 15 is 0 Å². The van der Waals surface area contributed by atoms with E-state index in [0.717, 1.165) is 4.90 Å². The van der Waals surface area contributed by atoms with Crippen LogP contribution in [0.15, 0.2) is 24.8 Å². The van der Waals surface area contributed by atoms with E-state index in [9.17, 15) is 24.0 Å². The lowest BCUT2D eigenvalue weighted by molar-refractivity contribution is -0.159. The number of allylic oxidation sites excluding steroid dienone is 2. The first-order chi connectivity index (χ1) is 12.4. The lowest BCUT2D eigenvalue weighted by Gasteiger charge is -2.21. The van der Waals surface area contributed by atoms with Gasteiger partial charge in [0.2, 0.25) is 11.8 Å². The maximum absolute atomic E-state index is 12.4. The monoisotopic (exact) mass is 363 g/mol. The predicted octanol–water partition coefficient (Wildman–Crippen LogP) is -0.119. The third-order valence-corrected chi connectivity index (χ3v) is 4.28. The minimum atomic E-state index is -1.14. The molecule has 1 aliphatic carbocycles. The van der Waals surface area contributed by atoms with E-state index in [4.69, 9.17) is 4.74 Å². The van der Waals surface area contributed by atoms with Crippen molar-refractivity contribution >= 4 is 29.7 Å². The lowest BCUT2D eigenvalue weighted by atomic mass is 9.85. The fourth-order valence-corrected chi connectivity index (χ4v) is 2.94. The van der Waals surface area contributed by atoms with Gasteiger partial charge in [0, 0.05) is 6.54 Å². The molecule has 2 N–H and O–H groups in total. The van der Waals surface area contributed by atoms with Crippen LogP contribution in [0.25, 0.3) is 0 Å². The van der Waals surface area contributed by atoms with Gasteiger partial charge in [0.25, 0.3) is 5.91 Å². The molecule has 26 heavy (non-hydrogen) atoms. The first-order valence-electron chi connectivity index (χ1n) is 8.24. The van der Waals surface area contributed by atoms with Gasteiger partial charge in [-0.1, -0.05) is 18.2 Å². The third-order valence-electron chi connectivity index (χ3n) is 4.28. The number of likely N-dealkylation sites (tertiary alicyclic amines) is 1. The molecule has 0 saturated carbocycles. The summed E-state index contributed by atoms with van der Waals surface area (Å²) in [6, 6.07) is -1.89. The maximum Gasteiger partial charge on any atom is 0.329 e. The van der Waals surface area contributed by atoms with E-state index in [1.54, 1.807) is 0 Å². The Morgan fingerprint density at radius 3 is 2.38 bits per heavy atom.